The summed E-state index contributed by atoms with van der Waals surface area (Å²) < 4.78 is 2.22. The summed E-state index contributed by atoms with van der Waals surface area (Å²) in [7, 11) is 2.12. The van der Waals surface area contributed by atoms with Gasteiger partial charge < -0.3 is 9.55 Å². The van der Waals surface area contributed by atoms with E-state index < -0.39 is 5.91 Å². The molecule has 0 aliphatic heterocycles. The van der Waals surface area contributed by atoms with Crippen LogP contribution in [-0.2, 0) is 31.2 Å². The summed E-state index contributed by atoms with van der Waals surface area (Å²) in [5.41, 5.74) is 10.5. The van der Waals surface area contributed by atoms with E-state index in [9.17, 15) is 4.79 Å². The number of para-hydroxylation sites is 1. The monoisotopic (exact) mass is 468 g/mol. The van der Waals surface area contributed by atoms with Crippen molar-refractivity contribution in [2.24, 2.45) is 7.05 Å². The largest absolute Gasteiger partial charge is 0.365 e. The van der Waals surface area contributed by atoms with Crippen LogP contribution >= 0.6 is 0 Å². The zero-order valence-electron chi connectivity index (χ0n) is 20.3. The maximum Gasteiger partial charge on any atom is 0.267 e. The summed E-state index contributed by atoms with van der Waals surface area (Å²) in [6.07, 6.45) is 10.5. The van der Waals surface area contributed by atoms with Crippen molar-refractivity contribution in [3.05, 3.63) is 101 Å². The number of aromatic nitrogens is 2. The molecule has 4 aromatic rings. The van der Waals surface area contributed by atoms with E-state index in [1.165, 1.54) is 44.9 Å². The van der Waals surface area contributed by atoms with Crippen molar-refractivity contribution < 1.29 is 10.0 Å². The summed E-state index contributed by atoms with van der Waals surface area (Å²) in [5, 5.41) is 10.1. The molecule has 1 unspecified atom stereocenters. The van der Waals surface area contributed by atoms with Crippen LogP contribution in [0.15, 0.2) is 67.0 Å². The van der Waals surface area contributed by atoms with Crippen molar-refractivity contribution in [3.63, 3.8) is 0 Å². The quantitative estimate of drug-likeness (QED) is 0.192. The predicted molar refractivity (Wildman–Crippen MR) is 139 cm³/mol. The molecule has 1 aliphatic rings. The number of nitrogens with one attached hydrogen (secondary N) is 2. The fourth-order valence-corrected chi connectivity index (χ4v) is 5.42. The Labute approximate surface area is 205 Å². The van der Waals surface area contributed by atoms with E-state index in [1.807, 2.05) is 6.20 Å². The third kappa shape index (κ3) is 4.81. The summed E-state index contributed by atoms with van der Waals surface area (Å²) in [6, 6.07) is 17.6. The Balaban J connectivity index is 1.40. The van der Waals surface area contributed by atoms with Crippen LogP contribution in [0.25, 0.3) is 17.0 Å². The number of amides is 1. The standard InChI is InChI=1S/C29H32N4O2/c1-20-23(13-15-30-20)19-33(16-14-24-18-32(2)27-6-4-3-5-25(24)27)28-11-9-22-17-21(7-10-26(22)28)8-12-29(34)31-35/h3-8,10,12-13,15,17-18,28,30,35H,9,11,14,16,19H2,1-2H3,(H,31,34)/b12-8+. The van der Waals surface area contributed by atoms with E-state index in [0.29, 0.717) is 6.04 Å². The molecule has 0 saturated carbocycles. The first-order valence-corrected chi connectivity index (χ1v) is 12.2. The third-order valence-electron chi connectivity index (χ3n) is 7.28. The minimum atomic E-state index is -0.523. The van der Waals surface area contributed by atoms with Crippen LogP contribution in [0.1, 0.15) is 46.0 Å². The highest BCUT2D eigenvalue weighted by atomic mass is 16.5. The molecule has 1 amide bonds. The summed E-state index contributed by atoms with van der Waals surface area (Å²) in [4.78, 5) is 17.3. The van der Waals surface area contributed by atoms with Gasteiger partial charge in [0.15, 0.2) is 0 Å². The highest BCUT2D eigenvalue weighted by Gasteiger charge is 2.28. The molecular formula is C29H32N4O2. The van der Waals surface area contributed by atoms with Gasteiger partial charge in [0.2, 0.25) is 0 Å². The second-order valence-electron chi connectivity index (χ2n) is 9.45. The van der Waals surface area contributed by atoms with E-state index in [2.05, 4.69) is 83.2 Å². The highest BCUT2D eigenvalue weighted by Crippen LogP contribution is 2.38. The van der Waals surface area contributed by atoms with Crippen molar-refractivity contribution in [2.75, 3.05) is 6.54 Å². The molecule has 180 valence electrons. The minimum absolute atomic E-state index is 0.355. The number of rotatable bonds is 8. The Morgan fingerprint density at radius 3 is 2.89 bits per heavy atom. The Morgan fingerprint density at radius 2 is 2.09 bits per heavy atom. The number of fused-ring (bicyclic) bond motifs is 2. The molecule has 0 bridgehead atoms. The minimum Gasteiger partial charge on any atom is -0.365 e. The number of nitrogens with zero attached hydrogens (tertiary/aromatic N) is 2. The first-order valence-electron chi connectivity index (χ1n) is 12.2. The molecule has 3 N–H and O–H groups in total. The number of hydroxylamine groups is 1. The zero-order chi connectivity index (χ0) is 24.4. The molecule has 6 nitrogen and oxygen atoms in total. The van der Waals surface area contributed by atoms with Crippen LogP contribution in [0, 0.1) is 6.92 Å². The maximum absolute atomic E-state index is 11.4. The molecule has 1 atom stereocenters. The van der Waals surface area contributed by atoms with Crippen molar-refractivity contribution in [1.29, 1.82) is 0 Å². The van der Waals surface area contributed by atoms with Crippen molar-refractivity contribution >= 4 is 22.9 Å². The number of hydrogen-bond donors (Lipinski definition) is 3. The Morgan fingerprint density at radius 1 is 1.23 bits per heavy atom. The molecule has 2 aromatic carbocycles. The summed E-state index contributed by atoms with van der Waals surface area (Å²) in [5.74, 6) is -0.523. The SMILES string of the molecule is Cc1[nH]ccc1CN(CCc1cn(C)c2ccccc12)C1CCc2cc(/C=C/C(=O)NO)ccc21. The average molecular weight is 469 g/mol. The fourth-order valence-electron chi connectivity index (χ4n) is 5.42. The van der Waals surface area contributed by atoms with Gasteiger partial charge in [0.1, 0.15) is 0 Å². The summed E-state index contributed by atoms with van der Waals surface area (Å²) >= 11 is 0. The molecule has 0 spiro atoms. The van der Waals surface area contributed by atoms with Crippen LogP contribution in [0.2, 0.25) is 0 Å². The van der Waals surface area contributed by atoms with Gasteiger partial charge in [-0.3, -0.25) is 14.9 Å². The van der Waals surface area contributed by atoms with Crippen molar-refractivity contribution in [3.8, 4) is 0 Å². The zero-order valence-corrected chi connectivity index (χ0v) is 20.3. The number of H-pyrrole nitrogens is 1. The number of carbonyl (C=O) groups is 1. The van der Waals surface area contributed by atoms with Gasteiger partial charge in [0.25, 0.3) is 5.91 Å². The van der Waals surface area contributed by atoms with Crippen LogP contribution in [0.3, 0.4) is 0 Å². The second kappa shape index (κ2) is 9.94. The van der Waals surface area contributed by atoms with E-state index in [1.54, 1.807) is 11.6 Å². The molecule has 5 rings (SSSR count). The maximum atomic E-state index is 11.4. The van der Waals surface area contributed by atoms with Crippen molar-refractivity contribution in [1.82, 2.24) is 19.9 Å². The van der Waals surface area contributed by atoms with Crippen LogP contribution in [-0.4, -0.2) is 32.1 Å². The lowest BCUT2D eigenvalue weighted by Crippen LogP contribution is -2.29. The first-order chi connectivity index (χ1) is 17.0. The van der Waals surface area contributed by atoms with Crippen LogP contribution in [0.5, 0.6) is 0 Å². The Kier molecular flexibility index (Phi) is 6.57. The molecule has 1 aliphatic carbocycles. The number of aromatic amines is 1. The lowest BCUT2D eigenvalue weighted by Gasteiger charge is -2.30. The molecule has 0 fully saturated rings. The van der Waals surface area contributed by atoms with Crippen molar-refractivity contribution in [2.45, 2.75) is 38.8 Å². The normalized spacial score (nSPS) is 15.4. The molecule has 0 radical (unpaired) electrons. The van der Waals surface area contributed by atoms with Crippen LogP contribution in [0.4, 0.5) is 0 Å². The topological polar surface area (TPSA) is 73.3 Å². The number of carbonyl (C=O) groups excluding carboxylic acids is 1. The molecule has 35 heavy (non-hydrogen) atoms. The van der Waals surface area contributed by atoms with Gasteiger partial charge >= 0.3 is 0 Å². The smallest absolute Gasteiger partial charge is 0.267 e. The van der Waals surface area contributed by atoms with Gasteiger partial charge in [-0.25, -0.2) is 5.48 Å². The molecule has 2 aromatic heterocycles. The fraction of sp³-hybridized carbons (Fsp3) is 0.276. The average Bonchev–Trinajstić information content (AvgIpc) is 3.57. The lowest BCUT2D eigenvalue weighted by molar-refractivity contribution is -0.124. The van der Waals surface area contributed by atoms with Gasteiger partial charge in [-0.15, -0.1) is 0 Å². The molecule has 2 heterocycles. The van der Waals surface area contributed by atoms with E-state index >= 15 is 0 Å². The number of benzene rings is 2. The Bertz CT molecular complexity index is 1380. The van der Waals surface area contributed by atoms with E-state index in [4.69, 9.17) is 5.21 Å². The molecule has 0 saturated heterocycles. The molecule has 6 heteroatoms. The lowest BCUT2D eigenvalue weighted by atomic mass is 10.0. The van der Waals surface area contributed by atoms with Crippen LogP contribution < -0.4 is 5.48 Å². The third-order valence-corrected chi connectivity index (χ3v) is 7.28. The predicted octanol–water partition coefficient (Wildman–Crippen LogP) is 5.07. The van der Waals surface area contributed by atoms with Gasteiger partial charge in [-0.05, 0) is 72.2 Å². The second-order valence-corrected chi connectivity index (χ2v) is 9.45. The van der Waals surface area contributed by atoms with Gasteiger partial charge in [-0.2, -0.15) is 0 Å². The number of hydrogen-bond acceptors (Lipinski definition) is 3. The Hall–Kier alpha value is -3.61. The number of aryl methyl sites for hydroxylation is 3. The highest BCUT2D eigenvalue weighted by molar-refractivity contribution is 5.90. The first kappa shape index (κ1) is 23.1. The van der Waals surface area contributed by atoms with Gasteiger partial charge in [0.05, 0.1) is 0 Å². The summed E-state index contributed by atoms with van der Waals surface area (Å²) in [6.45, 7) is 4.02. The molecular weight excluding hydrogens is 436 g/mol. The van der Waals surface area contributed by atoms with Gasteiger partial charge in [-0.1, -0.05) is 36.4 Å². The van der Waals surface area contributed by atoms with Gasteiger partial charge in [0, 0.05) is 61.2 Å². The van der Waals surface area contributed by atoms with E-state index in [0.717, 1.165) is 37.9 Å². The van der Waals surface area contributed by atoms with E-state index in [-0.39, 0.29) is 0 Å².